The van der Waals surface area contributed by atoms with E-state index >= 15 is 0 Å². The summed E-state index contributed by atoms with van der Waals surface area (Å²) in [6.45, 7) is 9.27. The first-order valence-corrected chi connectivity index (χ1v) is 12.3. The number of hydrogen-bond donors (Lipinski definition) is 2. The molecule has 0 aromatic carbocycles. The quantitative estimate of drug-likeness (QED) is 0.419. The molecule has 31 heavy (non-hydrogen) atoms. The highest BCUT2D eigenvalue weighted by Crippen LogP contribution is 2.52. The van der Waals surface area contributed by atoms with Crippen LogP contribution in [0.4, 0.5) is 0 Å². The smallest absolute Gasteiger partial charge is 0.343 e. The minimum Gasteiger partial charge on any atom is -0.506 e. The van der Waals surface area contributed by atoms with Crippen molar-refractivity contribution in [2.24, 2.45) is 0 Å². The molecule has 0 unspecified atom stereocenters. The lowest BCUT2D eigenvalue weighted by molar-refractivity contribution is 0.0513. The van der Waals surface area contributed by atoms with Crippen molar-refractivity contribution < 1.29 is 29.3 Å². The second-order valence-corrected chi connectivity index (χ2v) is 10.3. The van der Waals surface area contributed by atoms with Gasteiger partial charge in [0.2, 0.25) is 0 Å². The number of rotatable bonds is 7. The van der Waals surface area contributed by atoms with Gasteiger partial charge in [-0.25, -0.2) is 9.59 Å². The van der Waals surface area contributed by atoms with Crippen LogP contribution in [0.25, 0.3) is 0 Å². The third-order valence-corrected chi connectivity index (χ3v) is 8.22. The van der Waals surface area contributed by atoms with E-state index in [1.807, 2.05) is 18.4 Å². The Morgan fingerprint density at radius 3 is 1.68 bits per heavy atom. The number of hydrogen-bond acceptors (Lipinski definition) is 9. The van der Waals surface area contributed by atoms with E-state index in [9.17, 15) is 19.8 Å². The SMILES string of the molecule is CCOC(=O)c1c(C)sc(C(c2sccc2C)c2sc(C)c(C(=O)OCC)c2O)c1O. The van der Waals surface area contributed by atoms with Crippen LogP contribution in [0.5, 0.6) is 11.5 Å². The summed E-state index contributed by atoms with van der Waals surface area (Å²) >= 11 is 4.06. The van der Waals surface area contributed by atoms with Gasteiger partial charge in [-0.2, -0.15) is 0 Å². The zero-order chi connectivity index (χ0) is 22.9. The lowest BCUT2D eigenvalue weighted by atomic mass is 9.97. The van der Waals surface area contributed by atoms with Crippen LogP contribution in [0.15, 0.2) is 11.4 Å². The summed E-state index contributed by atoms with van der Waals surface area (Å²) in [5.41, 5.74) is 1.26. The molecule has 0 amide bonds. The average Bonchev–Trinajstić information content (AvgIpc) is 3.33. The van der Waals surface area contributed by atoms with Crippen molar-refractivity contribution in [1.82, 2.24) is 0 Å². The van der Waals surface area contributed by atoms with Crippen molar-refractivity contribution in [2.75, 3.05) is 13.2 Å². The number of aromatic hydroxyl groups is 2. The van der Waals surface area contributed by atoms with E-state index in [2.05, 4.69) is 0 Å². The Bertz CT molecular complexity index is 1050. The number of thiophene rings is 3. The van der Waals surface area contributed by atoms with Gasteiger partial charge in [0.25, 0.3) is 0 Å². The summed E-state index contributed by atoms with van der Waals surface area (Å²) in [5.74, 6) is -2.00. The van der Waals surface area contributed by atoms with E-state index in [0.29, 0.717) is 19.5 Å². The summed E-state index contributed by atoms with van der Waals surface area (Å²) in [7, 11) is 0. The second-order valence-electron chi connectivity index (χ2n) is 6.83. The maximum atomic E-state index is 12.4. The van der Waals surface area contributed by atoms with Gasteiger partial charge in [0.1, 0.15) is 22.6 Å². The summed E-state index contributed by atoms with van der Waals surface area (Å²) < 4.78 is 10.2. The Labute approximate surface area is 192 Å². The minimum atomic E-state index is -0.583. The Morgan fingerprint density at radius 1 is 0.871 bits per heavy atom. The maximum Gasteiger partial charge on any atom is 0.343 e. The topological polar surface area (TPSA) is 93.1 Å². The number of aryl methyl sites for hydroxylation is 3. The Kier molecular flexibility index (Phi) is 7.08. The highest BCUT2D eigenvalue weighted by Gasteiger charge is 2.35. The molecule has 0 saturated heterocycles. The van der Waals surface area contributed by atoms with Crippen molar-refractivity contribution >= 4 is 45.9 Å². The monoisotopic (exact) mass is 480 g/mol. The van der Waals surface area contributed by atoms with Crippen LogP contribution >= 0.6 is 34.0 Å². The highest BCUT2D eigenvalue weighted by molar-refractivity contribution is 7.15. The van der Waals surface area contributed by atoms with Crippen molar-refractivity contribution in [3.63, 3.8) is 0 Å². The van der Waals surface area contributed by atoms with Gasteiger partial charge < -0.3 is 19.7 Å². The van der Waals surface area contributed by atoms with Gasteiger partial charge >= 0.3 is 11.9 Å². The van der Waals surface area contributed by atoms with Crippen LogP contribution in [0.3, 0.4) is 0 Å². The third-order valence-electron chi connectivity index (χ3n) is 4.82. The largest absolute Gasteiger partial charge is 0.506 e. The van der Waals surface area contributed by atoms with Crippen molar-refractivity contribution in [3.05, 3.63) is 52.5 Å². The Hall–Kier alpha value is -2.36. The number of carbonyl (C=O) groups is 2. The third kappa shape index (κ3) is 4.22. The zero-order valence-electron chi connectivity index (χ0n) is 17.9. The van der Waals surface area contributed by atoms with Crippen LogP contribution in [-0.4, -0.2) is 35.4 Å². The first-order valence-electron chi connectivity index (χ1n) is 9.75. The molecule has 0 aliphatic rings. The minimum absolute atomic E-state index is 0.138. The molecule has 3 aromatic rings. The van der Waals surface area contributed by atoms with Gasteiger partial charge in [-0.15, -0.1) is 34.0 Å². The van der Waals surface area contributed by atoms with E-state index in [1.54, 1.807) is 27.7 Å². The van der Waals surface area contributed by atoms with Gasteiger partial charge in [-0.1, -0.05) is 0 Å². The molecule has 0 spiro atoms. The molecule has 2 N–H and O–H groups in total. The summed E-state index contributed by atoms with van der Waals surface area (Å²) in [5, 5.41) is 24.0. The number of esters is 2. The lowest BCUT2D eigenvalue weighted by Gasteiger charge is -2.16. The molecular weight excluding hydrogens is 456 g/mol. The summed E-state index contributed by atoms with van der Waals surface area (Å²) in [6.07, 6.45) is 0. The molecular formula is C22H24O6S3. The van der Waals surface area contributed by atoms with Gasteiger partial charge in [-0.3, -0.25) is 0 Å². The van der Waals surface area contributed by atoms with Gasteiger partial charge in [0.05, 0.1) is 28.9 Å². The molecule has 0 aliphatic heterocycles. The van der Waals surface area contributed by atoms with Crippen molar-refractivity contribution in [1.29, 1.82) is 0 Å². The van der Waals surface area contributed by atoms with E-state index in [0.717, 1.165) is 10.4 Å². The molecule has 3 aromatic heterocycles. The average molecular weight is 481 g/mol. The van der Waals surface area contributed by atoms with Gasteiger partial charge in [-0.05, 0) is 51.6 Å². The summed E-state index contributed by atoms with van der Waals surface area (Å²) in [6, 6.07) is 1.96. The Morgan fingerprint density at radius 2 is 1.32 bits per heavy atom. The molecule has 9 heteroatoms. The standard InChI is InChI=1S/C22H24O6S3/c1-6-27-21(25)13-11(4)30-19(16(13)23)15(18-10(3)8-9-29-18)20-17(24)14(12(5)31-20)22(26)28-7-2/h8-9,15,23-24H,6-7H2,1-5H3. The molecule has 6 nitrogen and oxygen atoms in total. The predicted octanol–water partition coefficient (Wildman–Crippen LogP) is 5.74. The Balaban J connectivity index is 2.24. The van der Waals surface area contributed by atoms with Crippen LogP contribution < -0.4 is 0 Å². The van der Waals surface area contributed by atoms with Crippen molar-refractivity contribution in [2.45, 2.75) is 40.5 Å². The normalized spacial score (nSPS) is 11.2. The van der Waals surface area contributed by atoms with Crippen molar-refractivity contribution in [3.8, 4) is 11.5 Å². The van der Waals surface area contributed by atoms with Crippen LogP contribution in [-0.2, 0) is 9.47 Å². The maximum absolute atomic E-state index is 12.4. The number of carbonyl (C=O) groups excluding carboxylic acids is 2. The van der Waals surface area contributed by atoms with Crippen LogP contribution in [0.2, 0.25) is 0 Å². The zero-order valence-corrected chi connectivity index (χ0v) is 20.3. The van der Waals surface area contributed by atoms with Gasteiger partial charge in [0, 0.05) is 14.6 Å². The molecule has 0 fully saturated rings. The molecule has 166 valence electrons. The molecule has 0 radical (unpaired) electrons. The van der Waals surface area contributed by atoms with E-state index < -0.39 is 17.9 Å². The molecule has 0 bridgehead atoms. The first kappa shape index (κ1) is 23.3. The highest BCUT2D eigenvalue weighted by atomic mass is 32.1. The molecule has 3 heterocycles. The fourth-order valence-corrected chi connectivity index (χ4v) is 7.02. The fourth-order valence-electron chi connectivity index (χ4n) is 3.42. The van der Waals surface area contributed by atoms with Crippen LogP contribution in [0.1, 0.15) is 70.4 Å². The predicted molar refractivity (Wildman–Crippen MR) is 123 cm³/mol. The van der Waals surface area contributed by atoms with Gasteiger partial charge in [0.15, 0.2) is 0 Å². The molecule has 3 rings (SSSR count). The molecule has 0 saturated carbocycles. The van der Waals surface area contributed by atoms with E-state index in [-0.39, 0.29) is 35.8 Å². The second kappa shape index (κ2) is 9.42. The van der Waals surface area contributed by atoms with E-state index in [4.69, 9.17) is 9.47 Å². The molecule has 0 aliphatic carbocycles. The molecule has 0 atom stereocenters. The first-order chi connectivity index (χ1) is 14.7. The van der Waals surface area contributed by atoms with E-state index in [1.165, 1.54) is 34.0 Å². The lowest BCUT2D eigenvalue weighted by Crippen LogP contribution is -2.06. The fraction of sp³-hybridized carbons (Fsp3) is 0.364. The summed E-state index contributed by atoms with van der Waals surface area (Å²) in [4.78, 5) is 28.1. The van der Waals surface area contributed by atoms with Crippen LogP contribution in [0, 0.1) is 20.8 Å². The number of ether oxygens (including phenoxy) is 2.